The highest BCUT2D eigenvalue weighted by Crippen LogP contribution is 2.37. The second kappa shape index (κ2) is 8.26. The number of anilines is 2. The highest BCUT2D eigenvalue weighted by molar-refractivity contribution is 7.92. The van der Waals surface area contributed by atoms with Crippen molar-refractivity contribution in [1.82, 2.24) is 9.55 Å². The number of benzene rings is 2. The van der Waals surface area contributed by atoms with Gasteiger partial charge in [0.05, 0.1) is 16.6 Å². The van der Waals surface area contributed by atoms with Crippen LogP contribution in [0.2, 0.25) is 0 Å². The van der Waals surface area contributed by atoms with Crippen molar-refractivity contribution in [2.45, 2.75) is 17.7 Å². The predicted molar refractivity (Wildman–Crippen MR) is 130 cm³/mol. The summed E-state index contributed by atoms with van der Waals surface area (Å²) in [5, 5.41) is 10.1. The number of aromatic nitrogens is 2. The van der Waals surface area contributed by atoms with Crippen molar-refractivity contribution in [1.29, 1.82) is 5.26 Å². The molecule has 1 N–H and O–H groups in total. The smallest absolute Gasteiger partial charge is 0.263 e. The van der Waals surface area contributed by atoms with Crippen molar-refractivity contribution in [3.63, 3.8) is 0 Å². The monoisotopic (exact) mass is 457 g/mol. The molecule has 0 spiro atoms. The molecule has 5 rings (SSSR count). The Kier molecular flexibility index (Phi) is 5.27. The minimum Gasteiger partial charge on any atom is -0.372 e. The van der Waals surface area contributed by atoms with Crippen LogP contribution < -0.4 is 9.62 Å². The molecule has 1 saturated heterocycles. The van der Waals surface area contributed by atoms with Gasteiger partial charge in [-0.25, -0.2) is 13.4 Å². The van der Waals surface area contributed by atoms with Crippen LogP contribution in [0.3, 0.4) is 0 Å². The van der Waals surface area contributed by atoms with Gasteiger partial charge in [-0.3, -0.25) is 4.72 Å². The standard InChI is InChI=1S/C25H23N5O2S/c1-29-17-21(18-8-6-9-20(15-18)30-13-4-5-14-30)24-22(11-12-27-25(24)29)28-33(31,32)23-10-3-2-7-19(23)16-26/h2-3,6-12,15,17H,4-5,13-14H2,1H3,(H,27,28). The largest absolute Gasteiger partial charge is 0.372 e. The minimum atomic E-state index is -3.98. The molecule has 0 atom stereocenters. The van der Waals surface area contributed by atoms with E-state index >= 15 is 0 Å². The van der Waals surface area contributed by atoms with Gasteiger partial charge in [0.25, 0.3) is 10.0 Å². The number of sulfonamides is 1. The Balaban J connectivity index is 1.63. The van der Waals surface area contributed by atoms with E-state index in [1.54, 1.807) is 24.4 Å². The number of hydrogen-bond donors (Lipinski definition) is 1. The zero-order chi connectivity index (χ0) is 23.0. The number of nitrogens with zero attached hydrogens (tertiary/aromatic N) is 4. The first-order chi connectivity index (χ1) is 16.0. The molecule has 1 fully saturated rings. The van der Waals surface area contributed by atoms with Crippen molar-refractivity contribution in [3.8, 4) is 17.2 Å². The number of nitriles is 1. The molecule has 7 nitrogen and oxygen atoms in total. The second-order valence-corrected chi connectivity index (χ2v) is 9.82. The zero-order valence-electron chi connectivity index (χ0n) is 18.2. The third-order valence-electron chi connectivity index (χ3n) is 6.03. The van der Waals surface area contributed by atoms with E-state index in [-0.39, 0.29) is 10.5 Å². The van der Waals surface area contributed by atoms with Gasteiger partial charge in [-0.2, -0.15) is 5.26 Å². The molecular weight excluding hydrogens is 434 g/mol. The molecule has 0 radical (unpaired) electrons. The topological polar surface area (TPSA) is 91.0 Å². The van der Waals surface area contributed by atoms with Crippen LogP contribution in [0.25, 0.3) is 22.2 Å². The van der Waals surface area contributed by atoms with Crippen LogP contribution in [-0.2, 0) is 17.1 Å². The molecule has 1 aliphatic heterocycles. The molecule has 0 unspecified atom stereocenters. The Hall–Kier alpha value is -3.83. The third-order valence-corrected chi connectivity index (χ3v) is 7.45. The fourth-order valence-electron chi connectivity index (χ4n) is 4.45. The molecule has 3 heterocycles. The summed E-state index contributed by atoms with van der Waals surface area (Å²) in [6.07, 6.45) is 5.94. The molecule has 33 heavy (non-hydrogen) atoms. The minimum absolute atomic E-state index is 0.0500. The van der Waals surface area contributed by atoms with Crippen LogP contribution in [0.4, 0.5) is 11.4 Å². The number of aryl methyl sites for hydroxylation is 1. The summed E-state index contributed by atoms with van der Waals surface area (Å²) in [6.45, 7) is 2.09. The summed E-state index contributed by atoms with van der Waals surface area (Å²) >= 11 is 0. The van der Waals surface area contributed by atoms with Crippen LogP contribution in [0.5, 0.6) is 0 Å². The first-order valence-corrected chi connectivity index (χ1v) is 12.3. The number of hydrogen-bond acceptors (Lipinski definition) is 5. The van der Waals surface area contributed by atoms with Gasteiger partial charge in [-0.05, 0) is 48.7 Å². The van der Waals surface area contributed by atoms with Crippen LogP contribution in [0, 0.1) is 11.3 Å². The van der Waals surface area contributed by atoms with Gasteiger partial charge in [0.2, 0.25) is 0 Å². The molecule has 4 aromatic rings. The number of pyridine rings is 1. The van der Waals surface area contributed by atoms with Gasteiger partial charge in [0.15, 0.2) is 0 Å². The lowest BCUT2D eigenvalue weighted by molar-refractivity contribution is 0.601. The average Bonchev–Trinajstić information content (AvgIpc) is 3.48. The van der Waals surface area contributed by atoms with E-state index in [0.717, 1.165) is 35.3 Å². The van der Waals surface area contributed by atoms with Crippen LogP contribution in [-0.4, -0.2) is 31.1 Å². The summed E-state index contributed by atoms with van der Waals surface area (Å²) < 4.78 is 31.0. The molecule has 1 aliphatic rings. The summed E-state index contributed by atoms with van der Waals surface area (Å²) in [6, 6.07) is 18.1. The molecule has 0 aliphatic carbocycles. The van der Waals surface area contributed by atoms with Gasteiger partial charge < -0.3 is 9.47 Å². The molecule has 8 heteroatoms. The lowest BCUT2D eigenvalue weighted by Gasteiger charge is -2.18. The molecule has 0 amide bonds. The molecule has 166 valence electrons. The van der Waals surface area contributed by atoms with E-state index in [1.165, 1.54) is 25.0 Å². The Morgan fingerprint density at radius 2 is 1.85 bits per heavy atom. The van der Waals surface area contributed by atoms with Gasteiger partial charge >= 0.3 is 0 Å². The Labute approximate surface area is 193 Å². The Morgan fingerprint density at radius 3 is 2.64 bits per heavy atom. The molecular formula is C25H23N5O2S. The van der Waals surface area contributed by atoms with Crippen molar-refractivity contribution in [3.05, 3.63) is 72.6 Å². The molecule has 0 bridgehead atoms. The van der Waals surface area contributed by atoms with Crippen molar-refractivity contribution >= 4 is 32.4 Å². The number of nitrogens with one attached hydrogen (secondary N) is 1. The van der Waals surface area contributed by atoms with Gasteiger partial charge in [-0.15, -0.1) is 0 Å². The fourth-order valence-corrected chi connectivity index (χ4v) is 5.68. The van der Waals surface area contributed by atoms with Gasteiger partial charge in [-0.1, -0.05) is 24.3 Å². The highest BCUT2D eigenvalue weighted by Gasteiger charge is 2.22. The fraction of sp³-hybridized carbons (Fsp3) is 0.200. The Bertz CT molecular complexity index is 1500. The lowest BCUT2D eigenvalue weighted by atomic mass is 10.0. The van der Waals surface area contributed by atoms with Crippen molar-refractivity contribution in [2.75, 3.05) is 22.7 Å². The van der Waals surface area contributed by atoms with Gasteiger partial charge in [0.1, 0.15) is 16.6 Å². The number of rotatable bonds is 5. The van der Waals surface area contributed by atoms with Crippen LogP contribution in [0.1, 0.15) is 18.4 Å². The lowest BCUT2D eigenvalue weighted by Crippen LogP contribution is -2.17. The van der Waals surface area contributed by atoms with Crippen LogP contribution >= 0.6 is 0 Å². The average molecular weight is 458 g/mol. The first-order valence-electron chi connectivity index (χ1n) is 10.8. The predicted octanol–water partition coefficient (Wildman–Crippen LogP) is 4.51. The maximum absolute atomic E-state index is 13.2. The normalized spacial score (nSPS) is 13.9. The van der Waals surface area contributed by atoms with Crippen molar-refractivity contribution < 1.29 is 8.42 Å². The highest BCUT2D eigenvalue weighted by atomic mass is 32.2. The van der Waals surface area contributed by atoms with E-state index < -0.39 is 10.0 Å². The maximum atomic E-state index is 13.2. The summed E-state index contributed by atoms with van der Waals surface area (Å²) in [7, 11) is -2.08. The third kappa shape index (κ3) is 3.81. The summed E-state index contributed by atoms with van der Waals surface area (Å²) in [5.41, 5.74) is 4.25. The zero-order valence-corrected chi connectivity index (χ0v) is 19.0. The SMILES string of the molecule is Cn1cc(-c2cccc(N3CCCC3)c2)c2c(NS(=O)(=O)c3ccccc3C#N)ccnc21. The van der Waals surface area contributed by atoms with E-state index in [9.17, 15) is 13.7 Å². The molecule has 0 saturated carbocycles. The van der Waals surface area contributed by atoms with E-state index in [2.05, 4.69) is 26.7 Å². The maximum Gasteiger partial charge on any atom is 0.263 e. The van der Waals surface area contributed by atoms with E-state index in [1.807, 2.05) is 36.0 Å². The molecule has 2 aromatic carbocycles. The van der Waals surface area contributed by atoms with Crippen LogP contribution in [0.15, 0.2) is 71.9 Å². The summed E-state index contributed by atoms with van der Waals surface area (Å²) in [4.78, 5) is 6.81. The second-order valence-electron chi connectivity index (χ2n) is 8.17. The van der Waals surface area contributed by atoms with Crippen molar-refractivity contribution in [2.24, 2.45) is 7.05 Å². The molecule has 2 aromatic heterocycles. The Morgan fingerprint density at radius 1 is 1.06 bits per heavy atom. The first kappa shape index (κ1) is 21.0. The quantitative estimate of drug-likeness (QED) is 0.476. The van der Waals surface area contributed by atoms with E-state index in [0.29, 0.717) is 11.3 Å². The number of fused-ring (bicyclic) bond motifs is 1. The summed E-state index contributed by atoms with van der Waals surface area (Å²) in [5.74, 6) is 0. The van der Waals surface area contributed by atoms with E-state index in [4.69, 9.17) is 0 Å². The van der Waals surface area contributed by atoms with Gasteiger partial charge in [0, 0.05) is 43.8 Å².